The van der Waals surface area contributed by atoms with Crippen LogP contribution in [0.3, 0.4) is 0 Å². The van der Waals surface area contributed by atoms with E-state index >= 15 is 0 Å². The average Bonchev–Trinajstić information content (AvgIpc) is 3.12. The van der Waals surface area contributed by atoms with Gasteiger partial charge in [-0.15, -0.1) is 0 Å². The van der Waals surface area contributed by atoms with Crippen LogP contribution in [0.4, 0.5) is 0 Å². The van der Waals surface area contributed by atoms with Crippen molar-refractivity contribution in [2.75, 3.05) is 6.54 Å². The maximum Gasteiger partial charge on any atom is 0.223 e. The molecule has 3 rings (SSSR count). The van der Waals surface area contributed by atoms with Crippen molar-refractivity contribution in [3.8, 4) is 11.3 Å². The van der Waals surface area contributed by atoms with Gasteiger partial charge in [0.25, 0.3) is 0 Å². The molecule has 2 aromatic heterocycles. The molecule has 6 heteroatoms. The van der Waals surface area contributed by atoms with Gasteiger partial charge in [0.1, 0.15) is 5.82 Å². The lowest BCUT2D eigenvalue weighted by molar-refractivity contribution is -0.122. The molecule has 2 atom stereocenters. The van der Waals surface area contributed by atoms with Crippen molar-refractivity contribution >= 4 is 5.91 Å². The molecule has 0 spiro atoms. The number of amides is 1. The summed E-state index contributed by atoms with van der Waals surface area (Å²) in [6.45, 7) is 8.68. The fourth-order valence-corrected chi connectivity index (χ4v) is 2.72. The second-order valence-electron chi connectivity index (χ2n) is 6.94. The van der Waals surface area contributed by atoms with Gasteiger partial charge in [-0.05, 0) is 19.3 Å². The summed E-state index contributed by atoms with van der Waals surface area (Å²) in [6, 6.07) is 1.88. The number of aromatic nitrogens is 3. The number of carbonyl (C=O) groups excluding carboxylic acids is 1. The van der Waals surface area contributed by atoms with Crippen LogP contribution < -0.4 is 5.32 Å². The van der Waals surface area contributed by atoms with E-state index in [2.05, 4.69) is 41.2 Å². The van der Waals surface area contributed by atoms with Gasteiger partial charge in [-0.1, -0.05) is 25.9 Å². The van der Waals surface area contributed by atoms with Crippen molar-refractivity contribution in [1.82, 2.24) is 20.4 Å². The largest absolute Gasteiger partial charge is 0.356 e. The smallest absolute Gasteiger partial charge is 0.223 e. The Kier molecular flexibility index (Phi) is 4.64. The molecule has 24 heavy (non-hydrogen) atoms. The van der Waals surface area contributed by atoms with Gasteiger partial charge < -0.3 is 9.84 Å². The van der Waals surface area contributed by atoms with Gasteiger partial charge in [-0.25, -0.2) is 9.97 Å². The van der Waals surface area contributed by atoms with Crippen LogP contribution in [-0.4, -0.2) is 27.6 Å². The molecule has 1 N–H and O–H groups in total. The number of rotatable bonds is 6. The molecule has 0 radical (unpaired) electrons. The Morgan fingerprint density at radius 3 is 2.79 bits per heavy atom. The normalized spacial score (nSPS) is 19.5. The zero-order valence-electron chi connectivity index (χ0n) is 14.7. The molecule has 6 nitrogen and oxygen atoms in total. The highest BCUT2D eigenvalue weighted by Gasteiger charge is 2.38. The molecule has 0 aromatic carbocycles. The third-order valence-electron chi connectivity index (χ3n) is 4.40. The van der Waals surface area contributed by atoms with Gasteiger partial charge in [0, 0.05) is 37.1 Å². The minimum absolute atomic E-state index is 0.151. The van der Waals surface area contributed by atoms with E-state index in [9.17, 15) is 4.79 Å². The van der Waals surface area contributed by atoms with E-state index < -0.39 is 0 Å². The number of hydrogen-bond acceptors (Lipinski definition) is 5. The summed E-state index contributed by atoms with van der Waals surface area (Å²) in [5, 5.41) is 6.95. The van der Waals surface area contributed by atoms with Crippen LogP contribution >= 0.6 is 0 Å². The first-order valence-corrected chi connectivity index (χ1v) is 8.53. The third kappa shape index (κ3) is 3.63. The van der Waals surface area contributed by atoms with E-state index in [1.165, 1.54) is 0 Å². The molecule has 0 saturated heterocycles. The molecule has 1 fully saturated rings. The van der Waals surface area contributed by atoms with Crippen LogP contribution in [0.15, 0.2) is 16.8 Å². The lowest BCUT2D eigenvalue weighted by Gasteiger charge is -2.11. The molecule has 1 saturated carbocycles. The summed E-state index contributed by atoms with van der Waals surface area (Å²) in [5.74, 6) is 2.57. The van der Waals surface area contributed by atoms with Crippen molar-refractivity contribution in [3.05, 3.63) is 29.5 Å². The van der Waals surface area contributed by atoms with Crippen LogP contribution in [0.1, 0.15) is 50.3 Å². The maximum absolute atomic E-state index is 12.0. The van der Waals surface area contributed by atoms with E-state index in [-0.39, 0.29) is 17.7 Å². The standard InChI is InChI=1S/C18H24N4O2/c1-10(2)17-20-9-14(16-8-12(4)22-24-16)15(21-17)5-6-19-18(23)13-7-11(13)3/h8-11,13H,5-7H2,1-4H3,(H,19,23)/t11-,13-/m0/s1. The van der Waals surface area contributed by atoms with Gasteiger partial charge in [0.05, 0.1) is 17.0 Å². The molecule has 1 amide bonds. The quantitative estimate of drug-likeness (QED) is 0.882. The van der Waals surface area contributed by atoms with Gasteiger partial charge in [-0.2, -0.15) is 0 Å². The van der Waals surface area contributed by atoms with Crippen LogP contribution in [0.5, 0.6) is 0 Å². The molecule has 1 aliphatic rings. The second kappa shape index (κ2) is 6.71. The Labute approximate surface area is 142 Å². The fraction of sp³-hybridized carbons (Fsp3) is 0.556. The van der Waals surface area contributed by atoms with Gasteiger partial charge in [0.15, 0.2) is 5.76 Å². The Morgan fingerprint density at radius 2 is 2.21 bits per heavy atom. The van der Waals surface area contributed by atoms with Gasteiger partial charge in [0.2, 0.25) is 5.91 Å². The van der Waals surface area contributed by atoms with Crippen LogP contribution in [0.25, 0.3) is 11.3 Å². The highest BCUT2D eigenvalue weighted by Crippen LogP contribution is 2.37. The summed E-state index contributed by atoms with van der Waals surface area (Å²) >= 11 is 0. The van der Waals surface area contributed by atoms with Crippen molar-refractivity contribution in [3.63, 3.8) is 0 Å². The number of hydrogen-bond donors (Lipinski definition) is 1. The van der Waals surface area contributed by atoms with E-state index in [1.54, 1.807) is 6.20 Å². The van der Waals surface area contributed by atoms with Crippen LogP contribution in [0, 0.1) is 18.8 Å². The molecular formula is C18H24N4O2. The molecule has 0 unspecified atom stereocenters. The summed E-state index contributed by atoms with van der Waals surface area (Å²) in [6.07, 6.45) is 3.44. The molecule has 0 bridgehead atoms. The zero-order valence-corrected chi connectivity index (χ0v) is 14.7. The Hall–Kier alpha value is -2.24. The van der Waals surface area contributed by atoms with E-state index in [4.69, 9.17) is 4.52 Å². The minimum Gasteiger partial charge on any atom is -0.356 e. The predicted molar refractivity (Wildman–Crippen MR) is 90.3 cm³/mol. The summed E-state index contributed by atoms with van der Waals surface area (Å²) in [4.78, 5) is 21.1. The Morgan fingerprint density at radius 1 is 1.46 bits per heavy atom. The lowest BCUT2D eigenvalue weighted by atomic mass is 10.1. The fourth-order valence-electron chi connectivity index (χ4n) is 2.72. The Bertz CT molecular complexity index is 738. The highest BCUT2D eigenvalue weighted by atomic mass is 16.5. The molecule has 128 valence electrons. The van der Waals surface area contributed by atoms with E-state index in [0.717, 1.165) is 29.2 Å². The number of aryl methyl sites for hydroxylation is 1. The summed E-state index contributed by atoms with van der Waals surface area (Å²) in [5.41, 5.74) is 2.54. The second-order valence-corrected chi connectivity index (χ2v) is 6.94. The topological polar surface area (TPSA) is 80.9 Å². The average molecular weight is 328 g/mol. The SMILES string of the molecule is Cc1cc(-c2cnc(C(C)C)nc2CCNC(=O)[C@H]2C[C@@H]2C)on1. The molecule has 1 aliphatic carbocycles. The Balaban J connectivity index is 1.75. The highest BCUT2D eigenvalue weighted by molar-refractivity contribution is 5.81. The maximum atomic E-state index is 12.0. The number of carbonyl (C=O) groups is 1. The summed E-state index contributed by atoms with van der Waals surface area (Å²) in [7, 11) is 0. The molecule has 2 aromatic rings. The van der Waals surface area contributed by atoms with Gasteiger partial charge >= 0.3 is 0 Å². The van der Waals surface area contributed by atoms with Gasteiger partial charge in [-0.3, -0.25) is 4.79 Å². The zero-order chi connectivity index (χ0) is 17.3. The molecular weight excluding hydrogens is 304 g/mol. The van der Waals surface area contributed by atoms with Crippen molar-refractivity contribution in [1.29, 1.82) is 0 Å². The van der Waals surface area contributed by atoms with Crippen molar-refractivity contribution in [2.45, 2.75) is 46.5 Å². The monoisotopic (exact) mass is 328 g/mol. The van der Waals surface area contributed by atoms with Crippen LogP contribution in [0.2, 0.25) is 0 Å². The van der Waals surface area contributed by atoms with Crippen molar-refractivity contribution in [2.24, 2.45) is 11.8 Å². The third-order valence-corrected chi connectivity index (χ3v) is 4.40. The lowest BCUT2D eigenvalue weighted by Crippen LogP contribution is -2.28. The molecule has 2 heterocycles. The van der Waals surface area contributed by atoms with E-state index in [0.29, 0.717) is 24.6 Å². The first-order valence-electron chi connectivity index (χ1n) is 8.53. The minimum atomic E-state index is 0.151. The first kappa shape index (κ1) is 16.6. The summed E-state index contributed by atoms with van der Waals surface area (Å²) < 4.78 is 5.36. The van der Waals surface area contributed by atoms with E-state index in [1.807, 2.05) is 13.0 Å². The van der Waals surface area contributed by atoms with Crippen molar-refractivity contribution < 1.29 is 9.32 Å². The number of nitrogens with one attached hydrogen (secondary N) is 1. The first-order chi connectivity index (χ1) is 11.5. The predicted octanol–water partition coefficient (Wildman–Crippen LogP) is 2.88. The number of nitrogens with zero attached hydrogens (tertiary/aromatic N) is 3. The van der Waals surface area contributed by atoms with Crippen LogP contribution in [-0.2, 0) is 11.2 Å². The molecule has 0 aliphatic heterocycles.